The molecule has 194 valence electrons. The average Bonchev–Trinajstić information content (AvgIpc) is 3.39. The van der Waals surface area contributed by atoms with Crippen molar-refractivity contribution in [1.82, 2.24) is 30.1 Å². The topological polar surface area (TPSA) is 101 Å². The summed E-state index contributed by atoms with van der Waals surface area (Å²) in [7, 11) is 3.33. The molecule has 1 N–H and O–H groups in total. The summed E-state index contributed by atoms with van der Waals surface area (Å²) in [5.41, 5.74) is 4.66. The minimum atomic E-state index is -0.396. The van der Waals surface area contributed by atoms with E-state index in [0.29, 0.717) is 24.5 Å². The lowest BCUT2D eigenvalue weighted by Gasteiger charge is -2.39. The van der Waals surface area contributed by atoms with Gasteiger partial charge >= 0.3 is 0 Å². The Labute approximate surface area is 215 Å². The lowest BCUT2D eigenvalue weighted by molar-refractivity contribution is 0.171. The minimum Gasteiger partial charge on any atom is -0.497 e. The van der Waals surface area contributed by atoms with Crippen LogP contribution in [0.25, 0.3) is 10.9 Å². The van der Waals surface area contributed by atoms with Gasteiger partial charge in [0, 0.05) is 56.0 Å². The number of hydrogen-bond acceptors (Lipinski definition) is 8. The number of fused-ring (bicyclic) bond motifs is 1. The summed E-state index contributed by atoms with van der Waals surface area (Å²) < 4.78 is 12.4. The second-order valence-electron chi connectivity index (χ2n) is 9.42. The second-order valence-corrected chi connectivity index (χ2v) is 9.42. The molecule has 3 heterocycles. The molecule has 0 aliphatic carbocycles. The van der Waals surface area contributed by atoms with E-state index in [0.717, 1.165) is 59.6 Å². The Morgan fingerprint density at radius 2 is 1.81 bits per heavy atom. The number of aryl methyl sites for hydroxylation is 2. The number of anilines is 1. The first-order valence-corrected chi connectivity index (χ1v) is 12.5. The maximum Gasteiger partial charge on any atom is 0.253 e. The SMILES string of the molecule is COCCn1nnnc1[C@@H](c1cc2c(C)ccc(C)c2[nH]c1=O)N1CCN(c2cccc(OC)c2)CC1. The quantitative estimate of drug-likeness (QED) is 0.392. The standard InChI is InChI=1S/C27H33N7O3/c1-18-8-9-19(2)24-22(18)17-23(27(35)28-24)25(26-29-30-31-34(26)14-15-36-3)33-12-10-32(11-13-33)20-6-5-7-21(16-20)37-4/h5-9,16-17,25H,10-15H2,1-4H3,(H,28,35)/t25-/m1/s1. The van der Waals surface area contributed by atoms with Gasteiger partial charge < -0.3 is 19.4 Å². The molecule has 2 aromatic heterocycles. The van der Waals surface area contributed by atoms with E-state index in [1.165, 1.54) is 0 Å². The molecule has 37 heavy (non-hydrogen) atoms. The van der Waals surface area contributed by atoms with Gasteiger partial charge in [-0.2, -0.15) is 0 Å². The second kappa shape index (κ2) is 10.7. The smallest absolute Gasteiger partial charge is 0.253 e. The largest absolute Gasteiger partial charge is 0.497 e. The third kappa shape index (κ3) is 4.94. The van der Waals surface area contributed by atoms with Crippen LogP contribution in [0.4, 0.5) is 5.69 Å². The Kier molecular flexibility index (Phi) is 7.20. The van der Waals surface area contributed by atoms with Crippen molar-refractivity contribution >= 4 is 16.6 Å². The van der Waals surface area contributed by atoms with E-state index in [1.54, 1.807) is 18.9 Å². The Hall–Kier alpha value is -3.76. The first-order valence-electron chi connectivity index (χ1n) is 12.5. The Balaban J connectivity index is 1.53. The van der Waals surface area contributed by atoms with Crippen molar-refractivity contribution < 1.29 is 9.47 Å². The molecule has 10 heteroatoms. The number of benzene rings is 2. The van der Waals surface area contributed by atoms with Crippen molar-refractivity contribution in [3.05, 3.63) is 75.3 Å². The molecule has 4 aromatic rings. The van der Waals surface area contributed by atoms with E-state index in [-0.39, 0.29) is 5.56 Å². The molecule has 1 atom stereocenters. The molecule has 1 fully saturated rings. The van der Waals surface area contributed by atoms with Crippen LogP contribution in [0.15, 0.2) is 47.3 Å². The fourth-order valence-electron chi connectivity index (χ4n) is 5.08. The molecule has 0 amide bonds. The molecule has 5 rings (SSSR count). The van der Waals surface area contributed by atoms with Gasteiger partial charge in [0.25, 0.3) is 5.56 Å². The molecule has 0 saturated carbocycles. The average molecular weight is 504 g/mol. The number of tetrazole rings is 1. The van der Waals surface area contributed by atoms with E-state index < -0.39 is 6.04 Å². The van der Waals surface area contributed by atoms with Crippen LogP contribution in [0.2, 0.25) is 0 Å². The van der Waals surface area contributed by atoms with E-state index >= 15 is 0 Å². The number of aromatic nitrogens is 5. The lowest BCUT2D eigenvalue weighted by Crippen LogP contribution is -2.49. The number of methoxy groups -OCH3 is 2. The summed E-state index contributed by atoms with van der Waals surface area (Å²) in [5, 5.41) is 13.6. The van der Waals surface area contributed by atoms with Crippen LogP contribution in [0.1, 0.15) is 28.6 Å². The predicted octanol–water partition coefficient (Wildman–Crippen LogP) is 2.70. The van der Waals surface area contributed by atoms with Crippen LogP contribution in [-0.2, 0) is 11.3 Å². The Bertz CT molecular complexity index is 1440. The van der Waals surface area contributed by atoms with E-state index in [9.17, 15) is 4.79 Å². The van der Waals surface area contributed by atoms with Crippen LogP contribution in [0.5, 0.6) is 5.75 Å². The molecule has 0 radical (unpaired) electrons. The lowest BCUT2D eigenvalue weighted by atomic mass is 9.99. The summed E-state index contributed by atoms with van der Waals surface area (Å²) >= 11 is 0. The van der Waals surface area contributed by atoms with Gasteiger partial charge in [-0.3, -0.25) is 9.69 Å². The maximum atomic E-state index is 13.5. The van der Waals surface area contributed by atoms with Crippen molar-refractivity contribution in [3.63, 3.8) is 0 Å². The van der Waals surface area contributed by atoms with Gasteiger partial charge in [0.05, 0.1) is 25.8 Å². The fraction of sp³-hybridized carbons (Fsp3) is 0.407. The molecule has 0 bridgehead atoms. The van der Waals surface area contributed by atoms with Crippen molar-refractivity contribution in [2.75, 3.05) is 51.9 Å². The van der Waals surface area contributed by atoms with Gasteiger partial charge in [-0.1, -0.05) is 18.2 Å². The number of piperazine rings is 1. The zero-order valence-electron chi connectivity index (χ0n) is 21.8. The first-order chi connectivity index (χ1) is 18.0. The third-order valence-corrected chi connectivity index (χ3v) is 7.18. The predicted molar refractivity (Wildman–Crippen MR) is 142 cm³/mol. The fourth-order valence-corrected chi connectivity index (χ4v) is 5.08. The minimum absolute atomic E-state index is 0.122. The maximum absolute atomic E-state index is 13.5. The van der Waals surface area contributed by atoms with Crippen molar-refractivity contribution in [1.29, 1.82) is 0 Å². The monoisotopic (exact) mass is 503 g/mol. The Morgan fingerprint density at radius 1 is 1.03 bits per heavy atom. The summed E-state index contributed by atoms with van der Waals surface area (Å²) in [6.45, 7) is 8.13. The van der Waals surface area contributed by atoms with Gasteiger partial charge in [0.15, 0.2) is 5.82 Å². The van der Waals surface area contributed by atoms with Crippen LogP contribution in [0.3, 0.4) is 0 Å². The summed E-state index contributed by atoms with van der Waals surface area (Å²) in [6.07, 6.45) is 0. The number of nitrogens with zero attached hydrogens (tertiary/aromatic N) is 6. The number of nitrogens with one attached hydrogen (secondary N) is 1. The normalized spacial score (nSPS) is 15.3. The van der Waals surface area contributed by atoms with Crippen LogP contribution in [-0.4, -0.2) is 77.1 Å². The van der Waals surface area contributed by atoms with Crippen molar-refractivity contribution in [3.8, 4) is 5.75 Å². The van der Waals surface area contributed by atoms with Gasteiger partial charge in [0.1, 0.15) is 11.8 Å². The molecule has 0 unspecified atom stereocenters. The van der Waals surface area contributed by atoms with E-state index in [2.05, 4.69) is 55.4 Å². The van der Waals surface area contributed by atoms with Gasteiger partial charge in [-0.25, -0.2) is 4.68 Å². The number of pyridine rings is 1. The number of rotatable bonds is 8. The van der Waals surface area contributed by atoms with E-state index in [4.69, 9.17) is 9.47 Å². The zero-order valence-corrected chi connectivity index (χ0v) is 21.8. The number of hydrogen-bond donors (Lipinski definition) is 1. The highest BCUT2D eigenvalue weighted by atomic mass is 16.5. The van der Waals surface area contributed by atoms with Crippen LogP contribution < -0.4 is 15.2 Å². The third-order valence-electron chi connectivity index (χ3n) is 7.18. The van der Waals surface area contributed by atoms with E-state index in [1.807, 2.05) is 31.2 Å². The number of ether oxygens (including phenoxy) is 2. The molecule has 1 saturated heterocycles. The van der Waals surface area contributed by atoms with Crippen LogP contribution >= 0.6 is 0 Å². The molecular weight excluding hydrogens is 470 g/mol. The van der Waals surface area contributed by atoms with Gasteiger partial charge in [0.2, 0.25) is 0 Å². The molecule has 0 spiro atoms. The van der Waals surface area contributed by atoms with Gasteiger partial charge in [-0.15, -0.1) is 5.10 Å². The summed E-state index contributed by atoms with van der Waals surface area (Å²) in [5.74, 6) is 1.48. The number of H-pyrrole nitrogens is 1. The summed E-state index contributed by atoms with van der Waals surface area (Å²) in [4.78, 5) is 21.3. The Morgan fingerprint density at radius 3 is 2.57 bits per heavy atom. The molecule has 1 aliphatic rings. The van der Waals surface area contributed by atoms with Crippen LogP contribution in [0, 0.1) is 13.8 Å². The zero-order chi connectivity index (χ0) is 25.9. The summed E-state index contributed by atoms with van der Waals surface area (Å²) in [6, 6.07) is 13.9. The van der Waals surface area contributed by atoms with Crippen molar-refractivity contribution in [2.24, 2.45) is 0 Å². The first kappa shape index (κ1) is 24.9. The van der Waals surface area contributed by atoms with Crippen molar-refractivity contribution in [2.45, 2.75) is 26.4 Å². The highest BCUT2D eigenvalue weighted by molar-refractivity contribution is 5.85. The number of aromatic amines is 1. The highest BCUT2D eigenvalue weighted by Crippen LogP contribution is 2.30. The highest BCUT2D eigenvalue weighted by Gasteiger charge is 2.33. The van der Waals surface area contributed by atoms with Gasteiger partial charge in [-0.05, 0) is 53.6 Å². The molecule has 10 nitrogen and oxygen atoms in total. The molecule has 2 aromatic carbocycles. The molecule has 1 aliphatic heterocycles. The molecular formula is C27H33N7O3.